The summed E-state index contributed by atoms with van der Waals surface area (Å²) in [5.74, 6) is 0.972. The van der Waals surface area contributed by atoms with Crippen molar-refractivity contribution in [2.24, 2.45) is 0 Å². The van der Waals surface area contributed by atoms with Gasteiger partial charge in [0, 0.05) is 22.2 Å². The quantitative estimate of drug-likeness (QED) is 0.715. The fraction of sp³-hybridized carbons (Fsp3) is 0.333. The van der Waals surface area contributed by atoms with Gasteiger partial charge in [0.25, 0.3) is 0 Å². The van der Waals surface area contributed by atoms with E-state index in [9.17, 15) is 0 Å². The first-order valence-corrected chi connectivity index (χ1v) is 5.78. The first-order chi connectivity index (χ1) is 7.15. The number of hydrogen-bond acceptors (Lipinski definition) is 1. The van der Waals surface area contributed by atoms with Crippen molar-refractivity contribution in [2.75, 3.05) is 0 Å². The third-order valence-electron chi connectivity index (χ3n) is 2.32. The van der Waals surface area contributed by atoms with Crippen molar-refractivity contribution < 1.29 is 4.42 Å². The van der Waals surface area contributed by atoms with Crippen LogP contribution in [0.25, 0.3) is 11.0 Å². The van der Waals surface area contributed by atoms with Crippen molar-refractivity contribution >= 4 is 34.2 Å². The molecule has 1 atom stereocenters. The van der Waals surface area contributed by atoms with Gasteiger partial charge in [-0.25, -0.2) is 0 Å². The molecule has 0 amide bonds. The normalized spacial score (nSPS) is 13.3. The van der Waals surface area contributed by atoms with Crippen LogP contribution in [0.4, 0.5) is 0 Å². The summed E-state index contributed by atoms with van der Waals surface area (Å²) < 4.78 is 5.66. The maximum absolute atomic E-state index is 5.89. The average molecular weight is 243 g/mol. The lowest BCUT2D eigenvalue weighted by Gasteiger charge is -1.98. The van der Waals surface area contributed by atoms with Crippen LogP contribution >= 0.6 is 23.2 Å². The van der Waals surface area contributed by atoms with E-state index in [0.717, 1.165) is 34.6 Å². The smallest absolute Gasteiger partial charge is 0.134 e. The summed E-state index contributed by atoms with van der Waals surface area (Å²) in [7, 11) is 0. The SMILES string of the molecule is CC(Cl)CCc1cc2cc(Cl)ccc2o1. The van der Waals surface area contributed by atoms with Crippen molar-refractivity contribution in [3.05, 3.63) is 35.0 Å². The van der Waals surface area contributed by atoms with E-state index in [1.54, 1.807) is 0 Å². The predicted molar refractivity (Wildman–Crippen MR) is 64.9 cm³/mol. The average Bonchev–Trinajstić information content (AvgIpc) is 2.56. The summed E-state index contributed by atoms with van der Waals surface area (Å²) in [6.07, 6.45) is 1.80. The van der Waals surface area contributed by atoms with Gasteiger partial charge in [0.1, 0.15) is 11.3 Å². The molecule has 1 aromatic carbocycles. The van der Waals surface area contributed by atoms with Crippen molar-refractivity contribution in [1.82, 2.24) is 0 Å². The van der Waals surface area contributed by atoms with E-state index in [2.05, 4.69) is 0 Å². The van der Waals surface area contributed by atoms with E-state index in [1.807, 2.05) is 31.2 Å². The molecule has 1 aromatic heterocycles. The first-order valence-electron chi connectivity index (χ1n) is 4.97. The van der Waals surface area contributed by atoms with Crippen molar-refractivity contribution in [1.29, 1.82) is 0 Å². The highest BCUT2D eigenvalue weighted by Gasteiger charge is 2.05. The highest BCUT2D eigenvalue weighted by Crippen LogP contribution is 2.24. The number of hydrogen-bond donors (Lipinski definition) is 0. The van der Waals surface area contributed by atoms with Gasteiger partial charge in [-0.2, -0.15) is 0 Å². The number of furan rings is 1. The summed E-state index contributed by atoms with van der Waals surface area (Å²) in [6, 6.07) is 7.67. The van der Waals surface area contributed by atoms with Gasteiger partial charge in [0.05, 0.1) is 0 Å². The molecule has 1 heterocycles. The fourth-order valence-electron chi connectivity index (χ4n) is 1.53. The molecule has 0 saturated heterocycles. The minimum atomic E-state index is 0.182. The van der Waals surface area contributed by atoms with Crippen LogP contribution in [0.1, 0.15) is 19.1 Å². The molecule has 0 aliphatic rings. The van der Waals surface area contributed by atoms with E-state index in [-0.39, 0.29) is 5.38 Å². The Morgan fingerprint density at radius 3 is 2.87 bits per heavy atom. The lowest BCUT2D eigenvalue weighted by molar-refractivity contribution is 0.537. The summed E-state index contributed by atoms with van der Waals surface area (Å²) in [4.78, 5) is 0. The molecule has 0 saturated carbocycles. The molecule has 15 heavy (non-hydrogen) atoms. The Morgan fingerprint density at radius 2 is 2.13 bits per heavy atom. The molecule has 3 heteroatoms. The summed E-state index contributed by atoms with van der Waals surface area (Å²) in [5, 5.41) is 1.97. The van der Waals surface area contributed by atoms with Gasteiger partial charge in [-0.3, -0.25) is 0 Å². The Kier molecular flexibility index (Phi) is 3.22. The Balaban J connectivity index is 2.23. The number of alkyl halides is 1. The lowest BCUT2D eigenvalue weighted by atomic mass is 10.2. The van der Waals surface area contributed by atoms with Gasteiger partial charge < -0.3 is 4.42 Å². The molecule has 2 aromatic rings. The first kappa shape index (κ1) is 10.8. The molecular weight excluding hydrogens is 231 g/mol. The van der Waals surface area contributed by atoms with E-state index >= 15 is 0 Å². The van der Waals surface area contributed by atoms with Gasteiger partial charge in [0.15, 0.2) is 0 Å². The number of aryl methyl sites for hydroxylation is 1. The zero-order valence-electron chi connectivity index (χ0n) is 8.47. The summed E-state index contributed by atoms with van der Waals surface area (Å²) in [5.41, 5.74) is 0.886. The van der Waals surface area contributed by atoms with Crippen LogP contribution in [0.15, 0.2) is 28.7 Å². The molecular formula is C12H12Cl2O. The Bertz CT molecular complexity index is 460. The fourth-order valence-corrected chi connectivity index (χ4v) is 1.82. The zero-order valence-corrected chi connectivity index (χ0v) is 9.98. The molecule has 0 aliphatic heterocycles. The second-order valence-electron chi connectivity index (χ2n) is 3.71. The molecule has 0 spiro atoms. The lowest BCUT2D eigenvalue weighted by Crippen LogP contribution is -1.92. The molecule has 0 N–H and O–H groups in total. The van der Waals surface area contributed by atoms with Crippen molar-refractivity contribution in [2.45, 2.75) is 25.1 Å². The molecule has 2 rings (SSSR count). The van der Waals surface area contributed by atoms with Crippen LogP contribution in [-0.2, 0) is 6.42 Å². The van der Waals surface area contributed by atoms with Crippen LogP contribution in [0.3, 0.4) is 0 Å². The van der Waals surface area contributed by atoms with Gasteiger partial charge in [0.2, 0.25) is 0 Å². The van der Waals surface area contributed by atoms with Crippen LogP contribution in [0.5, 0.6) is 0 Å². The van der Waals surface area contributed by atoms with E-state index in [0.29, 0.717) is 0 Å². The standard InChI is InChI=1S/C12H12Cl2O/c1-8(13)2-4-11-7-9-6-10(14)3-5-12(9)15-11/h3,5-8H,2,4H2,1H3. The van der Waals surface area contributed by atoms with Crippen LogP contribution < -0.4 is 0 Å². The Labute approximate surface area is 99.0 Å². The van der Waals surface area contributed by atoms with Gasteiger partial charge in [-0.15, -0.1) is 11.6 Å². The van der Waals surface area contributed by atoms with E-state index < -0.39 is 0 Å². The van der Waals surface area contributed by atoms with Crippen molar-refractivity contribution in [3.8, 4) is 0 Å². The number of halogens is 2. The largest absolute Gasteiger partial charge is 0.461 e. The Morgan fingerprint density at radius 1 is 1.33 bits per heavy atom. The maximum atomic E-state index is 5.89. The third kappa shape index (κ3) is 2.67. The van der Waals surface area contributed by atoms with E-state index in [1.165, 1.54) is 0 Å². The molecule has 0 radical (unpaired) electrons. The molecule has 0 fully saturated rings. The third-order valence-corrected chi connectivity index (χ3v) is 2.77. The summed E-state index contributed by atoms with van der Waals surface area (Å²) >= 11 is 11.8. The highest BCUT2D eigenvalue weighted by atomic mass is 35.5. The second-order valence-corrected chi connectivity index (χ2v) is 4.90. The highest BCUT2D eigenvalue weighted by molar-refractivity contribution is 6.31. The van der Waals surface area contributed by atoms with Gasteiger partial charge in [-0.1, -0.05) is 11.6 Å². The van der Waals surface area contributed by atoms with E-state index in [4.69, 9.17) is 27.6 Å². The molecule has 1 unspecified atom stereocenters. The number of benzene rings is 1. The molecule has 0 aliphatic carbocycles. The maximum Gasteiger partial charge on any atom is 0.134 e. The topological polar surface area (TPSA) is 13.1 Å². The molecule has 80 valence electrons. The zero-order chi connectivity index (χ0) is 10.8. The second kappa shape index (κ2) is 4.46. The Hall–Kier alpha value is -0.660. The van der Waals surface area contributed by atoms with Gasteiger partial charge >= 0.3 is 0 Å². The van der Waals surface area contributed by atoms with Crippen LogP contribution in [0, 0.1) is 0 Å². The molecule has 0 bridgehead atoms. The number of fused-ring (bicyclic) bond motifs is 1. The molecule has 1 nitrogen and oxygen atoms in total. The summed E-state index contributed by atoms with van der Waals surface area (Å²) in [6.45, 7) is 1.99. The van der Waals surface area contributed by atoms with Crippen molar-refractivity contribution in [3.63, 3.8) is 0 Å². The minimum Gasteiger partial charge on any atom is -0.461 e. The van der Waals surface area contributed by atoms with Crippen LogP contribution in [0.2, 0.25) is 5.02 Å². The number of rotatable bonds is 3. The minimum absolute atomic E-state index is 0.182. The monoisotopic (exact) mass is 242 g/mol. The predicted octanol–water partition coefficient (Wildman–Crippen LogP) is 4.65. The van der Waals surface area contributed by atoms with Crippen LogP contribution in [-0.4, -0.2) is 5.38 Å². The van der Waals surface area contributed by atoms with Gasteiger partial charge in [-0.05, 0) is 37.6 Å².